The van der Waals surface area contributed by atoms with Gasteiger partial charge in [0, 0.05) is 19.4 Å². The lowest BCUT2D eigenvalue weighted by atomic mass is 10.2. The highest BCUT2D eigenvalue weighted by Crippen LogP contribution is 2.18. The Morgan fingerprint density at radius 2 is 2.47 bits per heavy atom. The van der Waals surface area contributed by atoms with Gasteiger partial charge >= 0.3 is 0 Å². The maximum atomic E-state index is 11.9. The third kappa shape index (κ3) is 2.82. The highest BCUT2D eigenvalue weighted by atomic mass is 16.5. The lowest BCUT2D eigenvalue weighted by molar-refractivity contribution is -0.132. The number of rotatable bonds is 4. The fourth-order valence-corrected chi connectivity index (χ4v) is 2.15. The summed E-state index contributed by atoms with van der Waals surface area (Å²) in [7, 11) is 0. The highest BCUT2D eigenvalue weighted by Gasteiger charge is 2.27. The first-order valence-electron chi connectivity index (χ1n) is 5.90. The van der Waals surface area contributed by atoms with Crippen molar-refractivity contribution >= 4 is 5.91 Å². The van der Waals surface area contributed by atoms with Crippen molar-refractivity contribution in [3.05, 3.63) is 11.7 Å². The van der Waals surface area contributed by atoms with E-state index in [2.05, 4.69) is 10.1 Å². The van der Waals surface area contributed by atoms with Gasteiger partial charge in [0.2, 0.25) is 11.8 Å². The van der Waals surface area contributed by atoms with Gasteiger partial charge in [-0.25, -0.2) is 0 Å². The monoisotopic (exact) mass is 239 g/mol. The molecule has 1 aliphatic rings. The van der Waals surface area contributed by atoms with Crippen LogP contribution in [0.1, 0.15) is 31.0 Å². The Balaban J connectivity index is 1.84. The number of carbonyl (C=O) groups excluding carboxylic acids is 1. The van der Waals surface area contributed by atoms with Crippen LogP contribution in [0.2, 0.25) is 0 Å². The summed E-state index contributed by atoms with van der Waals surface area (Å²) in [4.78, 5) is 17.7. The lowest BCUT2D eigenvalue weighted by Crippen LogP contribution is -2.37. The molecule has 2 heterocycles. The number of aliphatic hydroxyl groups is 1. The summed E-state index contributed by atoms with van der Waals surface area (Å²) in [6.45, 7) is 2.54. The van der Waals surface area contributed by atoms with E-state index < -0.39 is 0 Å². The molecule has 0 bridgehead atoms. The first kappa shape index (κ1) is 12.0. The molecule has 1 N–H and O–H groups in total. The van der Waals surface area contributed by atoms with Gasteiger partial charge in [-0.05, 0) is 19.8 Å². The van der Waals surface area contributed by atoms with Crippen molar-refractivity contribution in [3.63, 3.8) is 0 Å². The van der Waals surface area contributed by atoms with Crippen LogP contribution in [-0.4, -0.2) is 45.2 Å². The Morgan fingerprint density at radius 3 is 3.12 bits per heavy atom. The minimum atomic E-state index is -0.00748. The van der Waals surface area contributed by atoms with Gasteiger partial charge in [0.1, 0.15) is 0 Å². The Kier molecular flexibility index (Phi) is 3.73. The van der Waals surface area contributed by atoms with Gasteiger partial charge in [-0.2, -0.15) is 4.98 Å². The largest absolute Gasteiger partial charge is 0.394 e. The van der Waals surface area contributed by atoms with E-state index in [1.807, 2.05) is 0 Å². The van der Waals surface area contributed by atoms with E-state index in [9.17, 15) is 4.79 Å². The van der Waals surface area contributed by atoms with Crippen molar-refractivity contribution < 1.29 is 14.4 Å². The molecule has 0 aromatic carbocycles. The maximum absolute atomic E-state index is 11.9. The average molecular weight is 239 g/mol. The van der Waals surface area contributed by atoms with Crippen LogP contribution in [0.3, 0.4) is 0 Å². The minimum Gasteiger partial charge on any atom is -0.394 e. The van der Waals surface area contributed by atoms with Crippen LogP contribution < -0.4 is 0 Å². The van der Waals surface area contributed by atoms with Crippen molar-refractivity contribution in [3.8, 4) is 0 Å². The van der Waals surface area contributed by atoms with Gasteiger partial charge in [-0.1, -0.05) is 5.16 Å². The summed E-state index contributed by atoms with van der Waals surface area (Å²) >= 11 is 0. The van der Waals surface area contributed by atoms with Crippen LogP contribution in [0.15, 0.2) is 4.52 Å². The third-order valence-corrected chi connectivity index (χ3v) is 3.03. The zero-order valence-corrected chi connectivity index (χ0v) is 9.93. The topological polar surface area (TPSA) is 79.5 Å². The van der Waals surface area contributed by atoms with Gasteiger partial charge in [0.15, 0.2) is 5.82 Å². The zero-order valence-electron chi connectivity index (χ0n) is 9.93. The molecule has 6 heteroatoms. The second kappa shape index (κ2) is 5.27. The summed E-state index contributed by atoms with van der Waals surface area (Å²) in [5.41, 5.74) is 0. The molecule has 1 amide bonds. The van der Waals surface area contributed by atoms with Gasteiger partial charge < -0.3 is 14.5 Å². The fourth-order valence-electron chi connectivity index (χ4n) is 2.15. The molecule has 94 valence electrons. The molecule has 6 nitrogen and oxygen atoms in total. The van der Waals surface area contributed by atoms with Crippen LogP contribution in [0, 0.1) is 6.92 Å². The molecular formula is C11H17N3O3. The van der Waals surface area contributed by atoms with E-state index >= 15 is 0 Å². The van der Waals surface area contributed by atoms with Crippen molar-refractivity contribution in [1.82, 2.24) is 15.0 Å². The van der Waals surface area contributed by atoms with Crippen molar-refractivity contribution in [2.24, 2.45) is 0 Å². The van der Waals surface area contributed by atoms with Crippen LogP contribution in [0.5, 0.6) is 0 Å². The Labute approximate surface area is 99.6 Å². The Bertz CT molecular complexity index is 391. The van der Waals surface area contributed by atoms with Crippen LogP contribution >= 0.6 is 0 Å². The Hall–Kier alpha value is -1.43. The van der Waals surface area contributed by atoms with E-state index in [1.54, 1.807) is 11.8 Å². The smallest absolute Gasteiger partial charge is 0.227 e. The number of hydrogen-bond acceptors (Lipinski definition) is 5. The van der Waals surface area contributed by atoms with E-state index in [0.29, 0.717) is 24.6 Å². The number of hydrogen-bond donors (Lipinski definition) is 1. The molecular weight excluding hydrogens is 222 g/mol. The molecule has 1 unspecified atom stereocenters. The van der Waals surface area contributed by atoms with E-state index in [-0.39, 0.29) is 18.6 Å². The van der Waals surface area contributed by atoms with Gasteiger partial charge in [-0.15, -0.1) is 0 Å². The minimum absolute atomic E-state index is 0.00748. The molecule has 0 radical (unpaired) electrons. The quantitative estimate of drug-likeness (QED) is 0.817. The highest BCUT2D eigenvalue weighted by molar-refractivity contribution is 5.77. The number of nitrogens with zero attached hydrogens (tertiary/aromatic N) is 3. The predicted octanol–water partition coefficient (Wildman–Crippen LogP) is 0.294. The summed E-state index contributed by atoms with van der Waals surface area (Å²) in [6, 6.07) is -0.00748. The average Bonchev–Trinajstić information content (AvgIpc) is 2.94. The number of amides is 1. The van der Waals surface area contributed by atoms with Crippen molar-refractivity contribution in [2.45, 2.75) is 38.6 Å². The van der Waals surface area contributed by atoms with Crippen LogP contribution in [0.25, 0.3) is 0 Å². The van der Waals surface area contributed by atoms with Crippen LogP contribution in [0.4, 0.5) is 0 Å². The molecule has 17 heavy (non-hydrogen) atoms. The molecule has 1 saturated heterocycles. The molecule has 1 aliphatic heterocycles. The van der Waals surface area contributed by atoms with Gasteiger partial charge in [0.05, 0.1) is 12.6 Å². The molecule has 0 aliphatic carbocycles. The second-order valence-electron chi connectivity index (χ2n) is 4.30. The third-order valence-electron chi connectivity index (χ3n) is 3.03. The standard InChI is InChI=1S/C11H17N3O3/c1-8-12-10(17-13-8)4-5-11(16)14-6-2-3-9(14)7-15/h9,15H,2-7H2,1H3. The second-order valence-corrected chi connectivity index (χ2v) is 4.30. The molecule has 0 saturated carbocycles. The van der Waals surface area contributed by atoms with Gasteiger partial charge in [-0.3, -0.25) is 4.79 Å². The lowest BCUT2D eigenvalue weighted by Gasteiger charge is -2.22. The molecule has 2 rings (SSSR count). The van der Waals surface area contributed by atoms with Crippen LogP contribution in [-0.2, 0) is 11.2 Å². The molecule has 1 aromatic rings. The maximum Gasteiger partial charge on any atom is 0.227 e. The first-order chi connectivity index (χ1) is 8.20. The number of aromatic nitrogens is 2. The molecule has 1 fully saturated rings. The summed E-state index contributed by atoms with van der Waals surface area (Å²) < 4.78 is 4.95. The van der Waals surface area contributed by atoms with Gasteiger partial charge in [0.25, 0.3) is 0 Å². The molecule has 0 spiro atoms. The zero-order chi connectivity index (χ0) is 12.3. The number of aryl methyl sites for hydroxylation is 2. The Morgan fingerprint density at radius 1 is 1.65 bits per heavy atom. The number of aliphatic hydroxyl groups excluding tert-OH is 1. The summed E-state index contributed by atoms with van der Waals surface area (Å²) in [6.07, 6.45) is 2.69. The SMILES string of the molecule is Cc1noc(CCC(=O)N2CCCC2CO)n1. The first-order valence-corrected chi connectivity index (χ1v) is 5.90. The molecule has 1 atom stereocenters. The molecule has 1 aromatic heterocycles. The fraction of sp³-hybridized carbons (Fsp3) is 0.727. The van der Waals surface area contributed by atoms with E-state index in [1.165, 1.54) is 0 Å². The number of likely N-dealkylation sites (tertiary alicyclic amines) is 1. The summed E-state index contributed by atoms with van der Waals surface area (Å²) in [5, 5.41) is 12.8. The number of carbonyl (C=O) groups is 1. The van der Waals surface area contributed by atoms with Crippen molar-refractivity contribution in [1.29, 1.82) is 0 Å². The normalized spacial score (nSPS) is 19.9. The summed E-state index contributed by atoms with van der Waals surface area (Å²) in [5.74, 6) is 1.13. The van der Waals surface area contributed by atoms with E-state index in [4.69, 9.17) is 9.63 Å². The van der Waals surface area contributed by atoms with E-state index in [0.717, 1.165) is 19.4 Å². The van der Waals surface area contributed by atoms with Crippen molar-refractivity contribution in [2.75, 3.05) is 13.2 Å². The predicted molar refractivity (Wildman–Crippen MR) is 59.2 cm³/mol.